The minimum atomic E-state index is 0.558. The van der Waals surface area contributed by atoms with Crippen molar-refractivity contribution in [1.29, 1.82) is 0 Å². The van der Waals surface area contributed by atoms with Gasteiger partial charge in [0.2, 0.25) is 0 Å². The fourth-order valence-corrected chi connectivity index (χ4v) is 5.51. The summed E-state index contributed by atoms with van der Waals surface area (Å²) in [6, 6.07) is 0.558. The van der Waals surface area contributed by atoms with Crippen LogP contribution in [0.15, 0.2) is 4.99 Å². The molecule has 0 aromatic carbocycles. The van der Waals surface area contributed by atoms with Gasteiger partial charge in [0.05, 0.1) is 0 Å². The molecule has 2 heterocycles. The third-order valence-electron chi connectivity index (χ3n) is 5.73. The molecule has 2 aliphatic rings. The maximum Gasteiger partial charge on any atom is 0.191 e. The molecular weight excluding hydrogens is 368 g/mol. The summed E-state index contributed by atoms with van der Waals surface area (Å²) < 4.78 is 2.35. The molecule has 0 bridgehead atoms. The molecule has 1 aromatic rings. The second-order valence-electron chi connectivity index (χ2n) is 7.94. The highest BCUT2D eigenvalue weighted by Gasteiger charge is 2.22. The molecule has 1 fully saturated rings. The number of fused-ring (bicyclic) bond motifs is 1. The summed E-state index contributed by atoms with van der Waals surface area (Å²) in [5.74, 6) is 4.53. The van der Waals surface area contributed by atoms with Crippen LogP contribution in [0.5, 0.6) is 0 Å². The van der Waals surface area contributed by atoms with Gasteiger partial charge in [-0.1, -0.05) is 19.8 Å². The topological polar surface area (TPSA) is 67.1 Å². The van der Waals surface area contributed by atoms with E-state index in [9.17, 15) is 0 Å². The Morgan fingerprint density at radius 2 is 2.11 bits per heavy atom. The zero-order valence-electron chi connectivity index (χ0n) is 17.8. The van der Waals surface area contributed by atoms with Crippen molar-refractivity contribution in [2.24, 2.45) is 4.99 Å². The Balaban J connectivity index is 1.47. The van der Waals surface area contributed by atoms with Crippen LogP contribution in [0.2, 0.25) is 0 Å². The standard InChI is InChI=1S/C21H38N6S/c1-3-22-21(24-17-10-8-11-18(16-17)28-4-2)23-14-9-13-20-26-25-19-12-6-5-7-15-27(19)20/h17-18H,3-16H2,1-2H3,(H2,22,23,24). The Hall–Kier alpha value is -1.24. The number of aliphatic imine (C=N–C) groups is 1. The van der Waals surface area contributed by atoms with Crippen molar-refractivity contribution in [2.45, 2.75) is 95.9 Å². The molecule has 1 aromatic heterocycles. The number of nitrogens with zero attached hydrogens (tertiary/aromatic N) is 4. The smallest absolute Gasteiger partial charge is 0.191 e. The minimum absolute atomic E-state index is 0.558. The van der Waals surface area contributed by atoms with Crippen molar-refractivity contribution in [3.05, 3.63) is 11.6 Å². The molecule has 1 aliphatic carbocycles. The van der Waals surface area contributed by atoms with Gasteiger partial charge in [-0.25, -0.2) is 0 Å². The van der Waals surface area contributed by atoms with Gasteiger partial charge in [0.1, 0.15) is 11.6 Å². The molecule has 2 N–H and O–H groups in total. The molecule has 2 unspecified atom stereocenters. The van der Waals surface area contributed by atoms with Crippen LogP contribution < -0.4 is 10.6 Å². The van der Waals surface area contributed by atoms with Crippen molar-refractivity contribution in [1.82, 2.24) is 25.4 Å². The predicted octanol–water partition coefficient (Wildman–Crippen LogP) is 3.56. The van der Waals surface area contributed by atoms with Crippen molar-refractivity contribution < 1.29 is 0 Å². The van der Waals surface area contributed by atoms with E-state index in [0.717, 1.165) is 55.9 Å². The van der Waals surface area contributed by atoms with Crippen LogP contribution in [0.3, 0.4) is 0 Å². The number of guanidine groups is 1. The van der Waals surface area contributed by atoms with Gasteiger partial charge in [0.15, 0.2) is 5.96 Å². The lowest BCUT2D eigenvalue weighted by atomic mass is 9.95. The SMILES string of the molecule is CCNC(=NCCCc1nnc2n1CCCCC2)NC1CCCC(SCC)C1. The second kappa shape index (κ2) is 11.7. The number of aryl methyl sites for hydroxylation is 2. The summed E-state index contributed by atoms with van der Waals surface area (Å²) in [6.07, 6.45) is 12.1. The fraction of sp³-hybridized carbons (Fsp3) is 0.857. The van der Waals surface area contributed by atoms with E-state index in [1.54, 1.807) is 0 Å². The van der Waals surface area contributed by atoms with Gasteiger partial charge < -0.3 is 15.2 Å². The first-order valence-electron chi connectivity index (χ1n) is 11.4. The number of rotatable bonds is 8. The molecule has 1 aliphatic heterocycles. The zero-order valence-corrected chi connectivity index (χ0v) is 18.6. The quantitative estimate of drug-likeness (QED) is 0.392. The van der Waals surface area contributed by atoms with Crippen LogP contribution in [-0.2, 0) is 19.4 Å². The van der Waals surface area contributed by atoms with Crippen molar-refractivity contribution in [2.75, 3.05) is 18.8 Å². The Labute approximate surface area is 174 Å². The Morgan fingerprint density at radius 1 is 1.18 bits per heavy atom. The van der Waals surface area contributed by atoms with E-state index in [1.165, 1.54) is 56.5 Å². The van der Waals surface area contributed by atoms with E-state index in [4.69, 9.17) is 4.99 Å². The fourth-order valence-electron chi connectivity index (χ4n) is 4.33. The van der Waals surface area contributed by atoms with E-state index < -0.39 is 0 Å². The molecule has 6 nitrogen and oxygen atoms in total. The van der Waals surface area contributed by atoms with Gasteiger partial charge in [-0.15, -0.1) is 10.2 Å². The van der Waals surface area contributed by atoms with Crippen LogP contribution in [0.25, 0.3) is 0 Å². The van der Waals surface area contributed by atoms with Crippen LogP contribution in [0, 0.1) is 0 Å². The maximum absolute atomic E-state index is 4.84. The minimum Gasteiger partial charge on any atom is -0.357 e. The highest BCUT2D eigenvalue weighted by Crippen LogP contribution is 2.28. The number of hydrogen-bond acceptors (Lipinski definition) is 4. The van der Waals surface area contributed by atoms with Gasteiger partial charge >= 0.3 is 0 Å². The van der Waals surface area contributed by atoms with Crippen LogP contribution >= 0.6 is 11.8 Å². The Kier molecular flexibility index (Phi) is 8.96. The third kappa shape index (κ3) is 6.39. The molecule has 0 spiro atoms. The first kappa shape index (κ1) is 21.5. The lowest BCUT2D eigenvalue weighted by Gasteiger charge is -2.30. The molecule has 28 heavy (non-hydrogen) atoms. The average molecular weight is 407 g/mol. The molecule has 2 atom stereocenters. The number of hydrogen-bond donors (Lipinski definition) is 2. The molecule has 3 rings (SSSR count). The summed E-state index contributed by atoms with van der Waals surface area (Å²) in [7, 11) is 0. The largest absolute Gasteiger partial charge is 0.357 e. The lowest BCUT2D eigenvalue weighted by molar-refractivity contribution is 0.419. The molecule has 0 saturated heterocycles. The summed E-state index contributed by atoms with van der Waals surface area (Å²) in [4.78, 5) is 4.84. The van der Waals surface area contributed by atoms with Crippen molar-refractivity contribution >= 4 is 17.7 Å². The van der Waals surface area contributed by atoms with Gasteiger partial charge in [-0.05, 0) is 51.2 Å². The summed E-state index contributed by atoms with van der Waals surface area (Å²) in [6.45, 7) is 7.23. The maximum atomic E-state index is 4.84. The van der Waals surface area contributed by atoms with E-state index in [1.807, 2.05) is 0 Å². The average Bonchev–Trinajstić information content (AvgIpc) is 2.92. The second-order valence-corrected chi connectivity index (χ2v) is 9.52. The van der Waals surface area contributed by atoms with Crippen LogP contribution in [0.1, 0.15) is 76.9 Å². The Bertz CT molecular complexity index is 612. The number of thioether (sulfide) groups is 1. The molecule has 7 heteroatoms. The summed E-state index contributed by atoms with van der Waals surface area (Å²) >= 11 is 2.11. The molecule has 1 saturated carbocycles. The monoisotopic (exact) mass is 406 g/mol. The number of nitrogens with one attached hydrogen (secondary N) is 2. The summed E-state index contributed by atoms with van der Waals surface area (Å²) in [5.41, 5.74) is 0. The van der Waals surface area contributed by atoms with E-state index in [2.05, 4.69) is 51.0 Å². The first-order chi connectivity index (χ1) is 13.8. The van der Waals surface area contributed by atoms with Gasteiger partial charge in [-0.2, -0.15) is 11.8 Å². The molecule has 158 valence electrons. The Morgan fingerprint density at radius 3 is 2.96 bits per heavy atom. The van der Waals surface area contributed by atoms with Gasteiger partial charge in [0.25, 0.3) is 0 Å². The van der Waals surface area contributed by atoms with E-state index in [0.29, 0.717) is 6.04 Å². The van der Waals surface area contributed by atoms with E-state index in [-0.39, 0.29) is 0 Å². The third-order valence-corrected chi connectivity index (χ3v) is 6.96. The first-order valence-corrected chi connectivity index (χ1v) is 12.4. The normalized spacial score (nSPS) is 23.1. The van der Waals surface area contributed by atoms with Crippen LogP contribution in [0.4, 0.5) is 0 Å². The predicted molar refractivity (Wildman–Crippen MR) is 119 cm³/mol. The molecular formula is C21H38N6S. The zero-order chi connectivity index (χ0) is 19.6. The van der Waals surface area contributed by atoms with Crippen LogP contribution in [-0.4, -0.2) is 50.9 Å². The number of aromatic nitrogens is 3. The lowest BCUT2D eigenvalue weighted by Crippen LogP contribution is -2.45. The highest BCUT2D eigenvalue weighted by molar-refractivity contribution is 7.99. The van der Waals surface area contributed by atoms with Crippen molar-refractivity contribution in [3.8, 4) is 0 Å². The van der Waals surface area contributed by atoms with Gasteiger partial charge in [0, 0.05) is 43.8 Å². The van der Waals surface area contributed by atoms with E-state index >= 15 is 0 Å². The highest BCUT2D eigenvalue weighted by atomic mass is 32.2. The summed E-state index contributed by atoms with van der Waals surface area (Å²) in [5, 5.41) is 16.8. The molecule has 0 amide bonds. The van der Waals surface area contributed by atoms with Gasteiger partial charge in [-0.3, -0.25) is 4.99 Å². The van der Waals surface area contributed by atoms with Crippen molar-refractivity contribution in [3.63, 3.8) is 0 Å². The molecule has 0 radical (unpaired) electrons.